The summed E-state index contributed by atoms with van der Waals surface area (Å²) in [7, 11) is 3.56. The average molecular weight is 577 g/mol. The van der Waals surface area contributed by atoms with E-state index >= 15 is 0 Å². The number of amides is 1. The minimum atomic E-state index is -0.0668. The van der Waals surface area contributed by atoms with E-state index in [4.69, 9.17) is 4.74 Å². The molecule has 0 bridgehead atoms. The zero-order valence-corrected chi connectivity index (χ0v) is 20.6. The van der Waals surface area contributed by atoms with Crippen LogP contribution in [0.3, 0.4) is 0 Å². The number of anilines is 1. The van der Waals surface area contributed by atoms with E-state index in [9.17, 15) is 4.79 Å². The molecule has 0 aliphatic carbocycles. The van der Waals surface area contributed by atoms with Crippen LogP contribution < -0.4 is 15.0 Å². The van der Waals surface area contributed by atoms with E-state index in [2.05, 4.69) is 31.3 Å². The van der Waals surface area contributed by atoms with Gasteiger partial charge in [0.05, 0.1) is 22.9 Å². The number of nitrogens with one attached hydrogen (secondary N) is 1. The van der Waals surface area contributed by atoms with Gasteiger partial charge in [0.2, 0.25) is 5.91 Å². The fourth-order valence-electron chi connectivity index (χ4n) is 3.04. The molecule has 1 aromatic carbocycles. The van der Waals surface area contributed by atoms with Gasteiger partial charge in [-0.15, -0.1) is 24.0 Å². The Labute approximate surface area is 196 Å². The normalized spacial score (nSPS) is 15.7. The Hall–Kier alpha value is -1.82. The zero-order chi connectivity index (χ0) is 20.1. The molecule has 2 heterocycles. The van der Waals surface area contributed by atoms with Crippen LogP contribution in [0.5, 0.6) is 5.75 Å². The molecule has 29 heavy (non-hydrogen) atoms. The molecule has 1 amide bonds. The highest BCUT2D eigenvalue weighted by Crippen LogP contribution is 2.24. The largest absolute Gasteiger partial charge is 0.488 e. The van der Waals surface area contributed by atoms with Crippen LogP contribution >= 0.6 is 39.9 Å². The molecule has 1 aliphatic rings. The van der Waals surface area contributed by atoms with Gasteiger partial charge in [0.25, 0.3) is 0 Å². The van der Waals surface area contributed by atoms with Gasteiger partial charge >= 0.3 is 0 Å². The molecular weight excluding hydrogens is 551 g/mol. The van der Waals surface area contributed by atoms with Crippen molar-refractivity contribution in [2.75, 3.05) is 38.1 Å². The topological polar surface area (TPSA) is 75.0 Å². The third-order valence-electron chi connectivity index (χ3n) is 4.45. The molecule has 1 aliphatic heterocycles. The number of hydrogen-bond donors (Lipinski definition) is 1. The lowest BCUT2D eigenvalue weighted by Crippen LogP contribution is -2.56. The molecule has 0 saturated carbocycles. The predicted octanol–water partition coefficient (Wildman–Crippen LogP) is 2.49. The third kappa shape index (κ3) is 6.08. The number of halogens is 2. The van der Waals surface area contributed by atoms with Gasteiger partial charge in [-0.2, -0.15) is 5.10 Å². The SMILES string of the molecule is CN=C(NCC(C)Oc1ccccc1Br)N1CCN(c2cnn(C)c2)C(=O)C1.I. The maximum Gasteiger partial charge on any atom is 0.246 e. The lowest BCUT2D eigenvalue weighted by Gasteiger charge is -2.35. The number of hydrogen-bond acceptors (Lipinski definition) is 4. The van der Waals surface area contributed by atoms with Crippen LogP contribution in [-0.2, 0) is 11.8 Å². The van der Waals surface area contributed by atoms with Gasteiger partial charge in [-0.05, 0) is 35.0 Å². The molecule has 1 saturated heterocycles. The number of rotatable bonds is 5. The van der Waals surface area contributed by atoms with Crippen LogP contribution in [0.1, 0.15) is 6.92 Å². The summed E-state index contributed by atoms with van der Waals surface area (Å²) in [6.45, 7) is 4.12. The monoisotopic (exact) mass is 576 g/mol. The summed E-state index contributed by atoms with van der Waals surface area (Å²) in [5.41, 5.74) is 0.825. The number of aromatic nitrogens is 2. The quantitative estimate of drug-likeness (QED) is 0.336. The highest BCUT2D eigenvalue weighted by atomic mass is 127. The Morgan fingerprint density at radius 1 is 1.38 bits per heavy atom. The van der Waals surface area contributed by atoms with Crippen molar-refractivity contribution in [3.05, 3.63) is 41.1 Å². The molecule has 1 N–H and O–H groups in total. The van der Waals surface area contributed by atoms with Gasteiger partial charge in [0, 0.05) is 33.4 Å². The van der Waals surface area contributed by atoms with Crippen molar-refractivity contribution in [3.8, 4) is 5.75 Å². The van der Waals surface area contributed by atoms with Crippen molar-refractivity contribution in [2.45, 2.75) is 13.0 Å². The maximum absolute atomic E-state index is 12.6. The lowest BCUT2D eigenvalue weighted by atomic mass is 10.3. The number of carbonyl (C=O) groups is 1. The first-order valence-electron chi connectivity index (χ1n) is 9.13. The molecular formula is C19H26BrIN6O2. The van der Waals surface area contributed by atoms with Crippen molar-refractivity contribution < 1.29 is 9.53 Å². The summed E-state index contributed by atoms with van der Waals surface area (Å²) >= 11 is 3.49. The summed E-state index contributed by atoms with van der Waals surface area (Å²) in [6, 6.07) is 7.75. The summed E-state index contributed by atoms with van der Waals surface area (Å²) in [5.74, 6) is 1.52. The number of piperazine rings is 1. The molecule has 1 fully saturated rings. The van der Waals surface area contributed by atoms with Crippen molar-refractivity contribution in [2.24, 2.45) is 12.0 Å². The van der Waals surface area contributed by atoms with Crippen molar-refractivity contribution in [3.63, 3.8) is 0 Å². The smallest absolute Gasteiger partial charge is 0.246 e. The van der Waals surface area contributed by atoms with Crippen LogP contribution in [0.15, 0.2) is 46.1 Å². The minimum absolute atomic E-state index is 0. The van der Waals surface area contributed by atoms with Gasteiger partial charge in [0.1, 0.15) is 18.4 Å². The average Bonchev–Trinajstić information content (AvgIpc) is 3.10. The van der Waals surface area contributed by atoms with Gasteiger partial charge in [-0.1, -0.05) is 12.1 Å². The molecule has 1 unspecified atom stereocenters. The van der Waals surface area contributed by atoms with Crippen molar-refractivity contribution in [1.82, 2.24) is 20.0 Å². The van der Waals surface area contributed by atoms with E-state index in [1.54, 1.807) is 22.8 Å². The highest BCUT2D eigenvalue weighted by molar-refractivity contribution is 14.0. The van der Waals surface area contributed by atoms with E-state index < -0.39 is 0 Å². The Balaban J connectivity index is 0.00000300. The number of carbonyl (C=O) groups excluding carboxylic acids is 1. The fourth-order valence-corrected chi connectivity index (χ4v) is 3.42. The molecule has 0 radical (unpaired) electrons. The van der Waals surface area contributed by atoms with Crippen molar-refractivity contribution in [1.29, 1.82) is 0 Å². The van der Waals surface area contributed by atoms with Crippen LogP contribution in [0.25, 0.3) is 0 Å². The maximum atomic E-state index is 12.6. The summed E-state index contributed by atoms with van der Waals surface area (Å²) in [6.07, 6.45) is 3.49. The zero-order valence-electron chi connectivity index (χ0n) is 16.7. The Kier molecular flexibility index (Phi) is 8.75. The summed E-state index contributed by atoms with van der Waals surface area (Å²) in [5, 5.41) is 7.45. The first-order chi connectivity index (χ1) is 13.5. The van der Waals surface area contributed by atoms with Crippen LogP contribution in [0.4, 0.5) is 5.69 Å². The first kappa shape index (κ1) is 23.5. The number of para-hydroxylation sites is 1. The number of ether oxygens (including phenoxy) is 1. The Bertz CT molecular complexity index is 859. The van der Waals surface area contributed by atoms with Crippen LogP contribution in [0.2, 0.25) is 0 Å². The molecule has 8 nitrogen and oxygen atoms in total. The molecule has 0 spiro atoms. The van der Waals surface area contributed by atoms with Gasteiger partial charge < -0.3 is 19.9 Å². The molecule has 1 atom stereocenters. The number of aryl methyl sites for hydroxylation is 1. The fraction of sp³-hybridized carbons (Fsp3) is 0.421. The van der Waals surface area contributed by atoms with Gasteiger partial charge in [-0.25, -0.2) is 0 Å². The second kappa shape index (κ2) is 10.8. The second-order valence-corrected chi connectivity index (χ2v) is 7.48. The van der Waals surface area contributed by atoms with Crippen LogP contribution in [0, 0.1) is 0 Å². The first-order valence-corrected chi connectivity index (χ1v) is 9.93. The molecule has 1 aromatic heterocycles. The standard InChI is InChI=1S/C19H25BrN6O2.HI/c1-14(28-17-7-5-4-6-16(17)20)10-22-19(21-2)25-8-9-26(18(27)13-25)15-11-23-24(3)12-15;/h4-7,11-12,14H,8-10,13H2,1-3H3,(H,21,22);1H. The highest BCUT2D eigenvalue weighted by Gasteiger charge is 2.27. The second-order valence-electron chi connectivity index (χ2n) is 6.63. The van der Waals surface area contributed by atoms with E-state index in [0.29, 0.717) is 25.6 Å². The third-order valence-corrected chi connectivity index (χ3v) is 5.10. The number of nitrogens with zero attached hydrogens (tertiary/aromatic N) is 5. The molecule has 158 valence electrons. The van der Waals surface area contributed by atoms with Gasteiger partial charge in [0.15, 0.2) is 5.96 Å². The Morgan fingerprint density at radius 3 is 2.76 bits per heavy atom. The minimum Gasteiger partial charge on any atom is -0.488 e. The predicted molar refractivity (Wildman–Crippen MR) is 128 cm³/mol. The van der Waals surface area contributed by atoms with E-state index in [0.717, 1.165) is 15.9 Å². The van der Waals surface area contributed by atoms with E-state index in [1.807, 2.05) is 49.3 Å². The van der Waals surface area contributed by atoms with Gasteiger partial charge in [-0.3, -0.25) is 14.5 Å². The number of aliphatic imine (C=N–C) groups is 1. The Morgan fingerprint density at radius 2 is 2.14 bits per heavy atom. The van der Waals surface area contributed by atoms with E-state index in [1.165, 1.54) is 0 Å². The van der Waals surface area contributed by atoms with E-state index in [-0.39, 0.29) is 42.5 Å². The lowest BCUT2D eigenvalue weighted by molar-refractivity contribution is -0.120. The summed E-state index contributed by atoms with van der Waals surface area (Å²) < 4.78 is 8.57. The molecule has 3 rings (SSSR count). The van der Waals surface area contributed by atoms with Crippen LogP contribution in [-0.4, -0.2) is 65.9 Å². The number of guanidine groups is 1. The number of benzene rings is 1. The van der Waals surface area contributed by atoms with Crippen molar-refractivity contribution >= 4 is 57.5 Å². The summed E-state index contributed by atoms with van der Waals surface area (Å²) in [4.78, 5) is 20.6. The molecule has 2 aromatic rings. The molecule has 10 heteroatoms.